The normalized spacial score (nSPS) is 11.2. The maximum atomic E-state index is 13.2. The van der Waals surface area contributed by atoms with Crippen LogP contribution >= 0.6 is 11.8 Å². The van der Waals surface area contributed by atoms with Gasteiger partial charge in [0.15, 0.2) is 11.0 Å². The van der Waals surface area contributed by atoms with E-state index in [1.807, 2.05) is 0 Å². The van der Waals surface area contributed by atoms with Gasteiger partial charge in [-0.3, -0.25) is 4.57 Å². The highest BCUT2D eigenvalue weighted by Crippen LogP contribution is 2.32. The van der Waals surface area contributed by atoms with Crippen LogP contribution in [-0.4, -0.2) is 27.6 Å². The van der Waals surface area contributed by atoms with Crippen molar-refractivity contribution in [2.75, 3.05) is 12.9 Å². The molecule has 1 aromatic heterocycles. The van der Waals surface area contributed by atoms with Crippen LogP contribution in [-0.2, 0) is 12.8 Å². The maximum Gasteiger partial charge on any atom is 0.416 e. The van der Waals surface area contributed by atoms with E-state index in [4.69, 9.17) is 14.7 Å². The molecule has 0 aliphatic carbocycles. The van der Waals surface area contributed by atoms with E-state index in [0.29, 0.717) is 41.1 Å². The average Bonchev–Trinajstić information content (AvgIpc) is 3.18. The Labute approximate surface area is 181 Å². The molecule has 162 valence electrons. The fourth-order valence-corrected chi connectivity index (χ4v) is 3.61. The number of benzene rings is 2. The minimum atomic E-state index is -4.47. The fraction of sp³-hybridized carbons (Fsp3) is 0.286. The zero-order valence-electron chi connectivity index (χ0n) is 16.6. The highest BCUT2D eigenvalue weighted by atomic mass is 32.2. The van der Waals surface area contributed by atoms with Crippen molar-refractivity contribution in [1.82, 2.24) is 14.8 Å². The molecule has 0 saturated carbocycles. The lowest BCUT2D eigenvalue weighted by molar-refractivity contribution is -0.137. The van der Waals surface area contributed by atoms with E-state index in [1.165, 1.54) is 17.8 Å². The minimum absolute atomic E-state index is 0.00826. The number of aromatic nitrogens is 3. The van der Waals surface area contributed by atoms with Crippen molar-refractivity contribution in [3.63, 3.8) is 0 Å². The summed E-state index contributed by atoms with van der Waals surface area (Å²) in [4.78, 5) is 0. The molecule has 0 amide bonds. The summed E-state index contributed by atoms with van der Waals surface area (Å²) in [6.07, 6.45) is -3.45. The van der Waals surface area contributed by atoms with Crippen LogP contribution in [0.25, 0.3) is 5.69 Å². The highest BCUT2D eigenvalue weighted by Gasteiger charge is 2.31. The molecule has 0 N–H and O–H groups in total. The number of rotatable bonds is 9. The van der Waals surface area contributed by atoms with E-state index in [1.54, 1.807) is 42.0 Å². The van der Waals surface area contributed by atoms with E-state index in [9.17, 15) is 13.2 Å². The van der Waals surface area contributed by atoms with Gasteiger partial charge in [0.2, 0.25) is 0 Å². The predicted molar refractivity (Wildman–Crippen MR) is 109 cm³/mol. The second kappa shape index (κ2) is 10.2. The Bertz CT molecular complexity index is 1050. The third-order valence-electron chi connectivity index (χ3n) is 4.22. The Morgan fingerprint density at radius 2 is 1.84 bits per heavy atom. The zero-order valence-corrected chi connectivity index (χ0v) is 17.4. The van der Waals surface area contributed by atoms with E-state index in [2.05, 4.69) is 16.3 Å². The van der Waals surface area contributed by atoms with Gasteiger partial charge in [-0.1, -0.05) is 17.8 Å². The predicted octanol–water partition coefficient (Wildman–Crippen LogP) is 5.27. The lowest BCUT2D eigenvalue weighted by atomic mass is 10.2. The van der Waals surface area contributed by atoms with Crippen LogP contribution in [0.4, 0.5) is 13.2 Å². The molecule has 10 heteroatoms. The van der Waals surface area contributed by atoms with Crippen molar-refractivity contribution in [3.8, 4) is 23.3 Å². The number of hydrogen-bond acceptors (Lipinski definition) is 6. The first kappa shape index (κ1) is 22.5. The van der Waals surface area contributed by atoms with Crippen LogP contribution in [0.2, 0.25) is 0 Å². The summed E-state index contributed by atoms with van der Waals surface area (Å²) in [5, 5.41) is 17.4. The molecule has 0 bridgehead atoms. The Balaban J connectivity index is 1.88. The molecule has 2 aromatic carbocycles. The quantitative estimate of drug-likeness (QED) is 0.328. The number of halogens is 3. The molecule has 0 fully saturated rings. The summed E-state index contributed by atoms with van der Waals surface area (Å²) >= 11 is 1.33. The number of methoxy groups -OCH3 is 1. The number of unbranched alkanes of at least 4 members (excludes halogenated alkanes) is 1. The second-order valence-electron chi connectivity index (χ2n) is 6.36. The molecule has 0 unspecified atom stereocenters. The lowest BCUT2D eigenvalue weighted by Crippen LogP contribution is -2.09. The maximum absolute atomic E-state index is 13.2. The Morgan fingerprint density at radius 1 is 1.10 bits per heavy atom. The second-order valence-corrected chi connectivity index (χ2v) is 7.42. The summed E-state index contributed by atoms with van der Waals surface area (Å²) in [6.45, 7) is 0.00826. The fourth-order valence-electron chi connectivity index (χ4n) is 2.70. The molecule has 1 heterocycles. The first-order chi connectivity index (χ1) is 14.9. The molecule has 0 saturated heterocycles. The summed E-state index contributed by atoms with van der Waals surface area (Å²) in [7, 11) is 1.56. The summed E-state index contributed by atoms with van der Waals surface area (Å²) in [6, 6.07) is 14.0. The number of alkyl halides is 3. The zero-order chi connectivity index (χ0) is 22.3. The van der Waals surface area contributed by atoms with Crippen molar-refractivity contribution < 1.29 is 22.6 Å². The molecule has 31 heavy (non-hydrogen) atoms. The van der Waals surface area contributed by atoms with Crippen molar-refractivity contribution >= 4 is 11.8 Å². The van der Waals surface area contributed by atoms with Gasteiger partial charge in [-0.2, -0.15) is 18.4 Å². The van der Waals surface area contributed by atoms with Gasteiger partial charge in [0.25, 0.3) is 0 Å². The summed E-state index contributed by atoms with van der Waals surface area (Å²) in [5.74, 6) is 2.18. The van der Waals surface area contributed by atoms with Crippen LogP contribution in [0, 0.1) is 11.3 Å². The molecule has 0 spiro atoms. The summed E-state index contributed by atoms with van der Waals surface area (Å²) < 4.78 is 52.1. The van der Waals surface area contributed by atoms with Crippen molar-refractivity contribution in [1.29, 1.82) is 5.26 Å². The molecular formula is C21H19F3N4O2S. The number of nitrogens with zero attached hydrogens (tertiary/aromatic N) is 4. The Hall–Kier alpha value is -3.19. The molecule has 6 nitrogen and oxygen atoms in total. The minimum Gasteiger partial charge on any atom is -0.497 e. The van der Waals surface area contributed by atoms with Crippen LogP contribution in [0.1, 0.15) is 24.2 Å². The van der Waals surface area contributed by atoms with Gasteiger partial charge in [-0.25, -0.2) is 0 Å². The van der Waals surface area contributed by atoms with Crippen molar-refractivity contribution in [2.24, 2.45) is 0 Å². The smallest absolute Gasteiger partial charge is 0.416 e. The molecule has 0 aliphatic heterocycles. The first-order valence-corrected chi connectivity index (χ1v) is 10.3. The van der Waals surface area contributed by atoms with Gasteiger partial charge < -0.3 is 9.47 Å². The van der Waals surface area contributed by atoms with Gasteiger partial charge in [0.1, 0.15) is 18.1 Å². The van der Waals surface area contributed by atoms with Crippen LogP contribution in [0.5, 0.6) is 11.5 Å². The summed E-state index contributed by atoms with van der Waals surface area (Å²) in [5.41, 5.74) is -0.475. The molecule has 0 radical (unpaired) electrons. The lowest BCUT2D eigenvalue weighted by Gasteiger charge is -2.13. The number of hydrogen-bond donors (Lipinski definition) is 0. The molecule has 0 atom stereocenters. The van der Waals surface area contributed by atoms with Crippen LogP contribution in [0.15, 0.2) is 53.7 Å². The average molecular weight is 448 g/mol. The standard InChI is InChI=1S/C21H19F3N4O2S/c1-29-17-7-9-18(10-8-17)30-14-19-26-27-20(31-12-3-2-11-25)28(19)16-6-4-5-15(13-16)21(22,23)24/h4-10,13H,2-3,12,14H2,1H3. The Morgan fingerprint density at radius 3 is 2.52 bits per heavy atom. The monoisotopic (exact) mass is 448 g/mol. The third kappa shape index (κ3) is 5.92. The molecule has 3 rings (SSSR count). The largest absolute Gasteiger partial charge is 0.497 e. The number of nitriles is 1. The molecule has 3 aromatic rings. The highest BCUT2D eigenvalue weighted by molar-refractivity contribution is 7.99. The van der Waals surface area contributed by atoms with Gasteiger partial charge in [-0.15, -0.1) is 10.2 Å². The Kier molecular flexibility index (Phi) is 7.41. The van der Waals surface area contributed by atoms with E-state index in [0.717, 1.165) is 12.1 Å². The number of ether oxygens (including phenoxy) is 2. The van der Waals surface area contributed by atoms with Gasteiger partial charge in [0.05, 0.1) is 24.4 Å². The van der Waals surface area contributed by atoms with Gasteiger partial charge >= 0.3 is 6.18 Å². The van der Waals surface area contributed by atoms with E-state index in [-0.39, 0.29) is 12.3 Å². The van der Waals surface area contributed by atoms with Gasteiger partial charge in [-0.05, 0) is 48.9 Å². The van der Waals surface area contributed by atoms with Crippen LogP contribution in [0.3, 0.4) is 0 Å². The topological polar surface area (TPSA) is 73.0 Å². The van der Waals surface area contributed by atoms with Crippen molar-refractivity contribution in [2.45, 2.75) is 30.8 Å². The van der Waals surface area contributed by atoms with E-state index >= 15 is 0 Å². The molecular weight excluding hydrogens is 429 g/mol. The molecule has 0 aliphatic rings. The van der Waals surface area contributed by atoms with Crippen molar-refractivity contribution in [3.05, 3.63) is 59.9 Å². The van der Waals surface area contributed by atoms with E-state index < -0.39 is 11.7 Å². The third-order valence-corrected chi connectivity index (χ3v) is 5.24. The van der Waals surface area contributed by atoms with Crippen LogP contribution < -0.4 is 9.47 Å². The number of thioether (sulfide) groups is 1. The first-order valence-electron chi connectivity index (χ1n) is 9.31. The SMILES string of the molecule is COc1ccc(OCc2nnc(SCCCC#N)n2-c2cccc(C(F)(F)F)c2)cc1. The van der Waals surface area contributed by atoms with Gasteiger partial charge in [0, 0.05) is 12.2 Å².